The van der Waals surface area contributed by atoms with Crippen molar-refractivity contribution in [2.75, 3.05) is 6.61 Å². The van der Waals surface area contributed by atoms with E-state index in [0.717, 1.165) is 51.4 Å². The van der Waals surface area contributed by atoms with E-state index in [0.29, 0.717) is 25.7 Å². The summed E-state index contributed by atoms with van der Waals surface area (Å²) in [5.74, 6) is -3.25. The van der Waals surface area contributed by atoms with Crippen molar-refractivity contribution in [2.24, 2.45) is 0 Å². The Kier molecular flexibility index (Phi) is 15.2. The number of unbranched alkanes of at least 4 members (excludes halogenated alkanes) is 5. The predicted molar refractivity (Wildman–Crippen MR) is 120 cm³/mol. The van der Waals surface area contributed by atoms with Gasteiger partial charge in [-0.2, -0.15) is 0 Å². The van der Waals surface area contributed by atoms with E-state index in [2.05, 4.69) is 6.92 Å². The zero-order chi connectivity index (χ0) is 23.8. The molecule has 0 radical (unpaired) electrons. The first-order valence-corrected chi connectivity index (χ1v) is 12.0. The molecule has 1 atom stereocenters. The van der Waals surface area contributed by atoms with Gasteiger partial charge >= 0.3 is 17.9 Å². The van der Waals surface area contributed by atoms with Crippen LogP contribution in [0.3, 0.4) is 0 Å². The molecule has 0 amide bonds. The normalized spacial score (nSPS) is 13.5. The number of esters is 2. The molecule has 0 aliphatic heterocycles. The first-order chi connectivity index (χ1) is 14.7. The molecule has 2 N–H and O–H groups in total. The van der Waals surface area contributed by atoms with E-state index in [4.69, 9.17) is 9.47 Å². The van der Waals surface area contributed by atoms with Gasteiger partial charge in [-0.1, -0.05) is 72.6 Å². The van der Waals surface area contributed by atoms with Crippen LogP contribution in [0.1, 0.15) is 118 Å². The van der Waals surface area contributed by atoms with Gasteiger partial charge in [-0.05, 0) is 32.1 Å². The van der Waals surface area contributed by atoms with Crippen LogP contribution in [0.25, 0.3) is 0 Å². The van der Waals surface area contributed by atoms with Crippen LogP contribution in [0.4, 0.5) is 0 Å². The van der Waals surface area contributed by atoms with Crippen molar-refractivity contribution in [2.45, 2.75) is 129 Å². The first-order valence-electron chi connectivity index (χ1n) is 12.0. The van der Waals surface area contributed by atoms with E-state index < -0.39 is 42.0 Å². The number of carbonyl (C=O) groups excluding carboxylic acids is 2. The lowest BCUT2D eigenvalue weighted by Crippen LogP contribution is -2.45. The molecule has 0 fully saturated rings. The molecule has 0 aromatic carbocycles. The van der Waals surface area contributed by atoms with Crippen LogP contribution in [-0.4, -0.2) is 45.9 Å². The zero-order valence-corrected chi connectivity index (χ0v) is 20.0. The summed E-state index contributed by atoms with van der Waals surface area (Å²) in [5.41, 5.74) is -3.19. The molecule has 0 heterocycles. The minimum Gasteiger partial charge on any atom is -0.479 e. The Hall–Kier alpha value is -1.63. The maximum absolute atomic E-state index is 12.7. The first kappa shape index (κ1) is 29.4. The summed E-state index contributed by atoms with van der Waals surface area (Å²) in [7, 11) is 0. The van der Waals surface area contributed by atoms with Gasteiger partial charge in [-0.3, -0.25) is 9.59 Å². The molecule has 0 aromatic heterocycles. The van der Waals surface area contributed by atoms with Crippen LogP contribution < -0.4 is 0 Å². The number of carbonyl (C=O) groups is 3. The Morgan fingerprint density at radius 3 is 1.77 bits per heavy atom. The van der Waals surface area contributed by atoms with Gasteiger partial charge in [-0.15, -0.1) is 0 Å². The van der Waals surface area contributed by atoms with Gasteiger partial charge in [0.25, 0.3) is 0 Å². The molecule has 182 valence electrons. The van der Waals surface area contributed by atoms with Crippen LogP contribution in [0.5, 0.6) is 0 Å². The van der Waals surface area contributed by atoms with Gasteiger partial charge in [-0.25, -0.2) is 4.79 Å². The number of carboxylic acid groups (broad SMARTS) is 1. The third-order valence-electron chi connectivity index (χ3n) is 5.51. The van der Waals surface area contributed by atoms with E-state index in [-0.39, 0.29) is 6.61 Å². The molecular formula is C24H44O7. The molecule has 0 aliphatic carbocycles. The van der Waals surface area contributed by atoms with Gasteiger partial charge in [0.15, 0.2) is 5.60 Å². The largest absolute Gasteiger partial charge is 0.479 e. The molecular weight excluding hydrogens is 400 g/mol. The fourth-order valence-corrected chi connectivity index (χ4v) is 3.87. The number of aliphatic hydroxyl groups is 1. The summed E-state index contributed by atoms with van der Waals surface area (Å²) in [6, 6.07) is 0. The smallest absolute Gasteiger partial charge is 0.336 e. The Morgan fingerprint density at radius 2 is 1.26 bits per heavy atom. The lowest BCUT2D eigenvalue weighted by Gasteiger charge is -2.34. The Balaban J connectivity index is 5.14. The number of hydrogen-bond acceptors (Lipinski definition) is 6. The highest BCUT2D eigenvalue weighted by Crippen LogP contribution is 2.32. The monoisotopic (exact) mass is 444 g/mol. The topological polar surface area (TPSA) is 110 Å². The molecule has 7 nitrogen and oxygen atoms in total. The highest BCUT2D eigenvalue weighted by Gasteiger charge is 2.43. The van der Waals surface area contributed by atoms with Gasteiger partial charge in [0, 0.05) is 0 Å². The number of aliphatic carboxylic acids is 1. The second-order valence-electron chi connectivity index (χ2n) is 8.59. The predicted octanol–water partition coefficient (Wildman–Crippen LogP) is 5.17. The summed E-state index contributed by atoms with van der Waals surface area (Å²) >= 11 is 0. The van der Waals surface area contributed by atoms with Crippen molar-refractivity contribution < 1.29 is 34.1 Å². The fourth-order valence-electron chi connectivity index (χ4n) is 3.87. The second-order valence-corrected chi connectivity index (χ2v) is 8.59. The number of ether oxygens (including phenoxy) is 2. The van der Waals surface area contributed by atoms with Crippen LogP contribution in [0, 0.1) is 0 Å². The standard InChI is InChI=1S/C24H44O7/c1-5-9-11-12-16-23(14-7-3,15-8-4)31-21(26)19-24(29,22(27)28)18-20(25)30-17-13-10-6-2/h29H,5-19H2,1-4H3,(H,27,28). The van der Waals surface area contributed by atoms with Gasteiger partial charge in [0.1, 0.15) is 5.60 Å². The molecule has 0 bridgehead atoms. The van der Waals surface area contributed by atoms with Crippen molar-refractivity contribution in [1.82, 2.24) is 0 Å². The maximum atomic E-state index is 12.7. The van der Waals surface area contributed by atoms with E-state index in [1.165, 1.54) is 0 Å². The molecule has 1 unspecified atom stereocenters. The summed E-state index contributed by atoms with van der Waals surface area (Å²) in [6.45, 7) is 8.35. The van der Waals surface area contributed by atoms with Gasteiger partial charge in [0.2, 0.25) is 0 Å². The van der Waals surface area contributed by atoms with Gasteiger partial charge < -0.3 is 19.7 Å². The molecule has 7 heteroatoms. The van der Waals surface area contributed by atoms with Crippen LogP contribution in [-0.2, 0) is 23.9 Å². The SMILES string of the molecule is CCCCCCC(CCC)(CCC)OC(=O)CC(O)(CC(=O)OCCCCC)C(=O)O. The molecule has 0 saturated carbocycles. The Bertz CT molecular complexity index is 526. The van der Waals surface area contributed by atoms with Crippen molar-refractivity contribution in [1.29, 1.82) is 0 Å². The minimum atomic E-state index is -2.54. The highest BCUT2D eigenvalue weighted by atomic mass is 16.6. The third kappa shape index (κ3) is 12.1. The lowest BCUT2D eigenvalue weighted by atomic mass is 9.86. The average Bonchev–Trinajstić information content (AvgIpc) is 2.68. The quantitative estimate of drug-likeness (QED) is 0.209. The van der Waals surface area contributed by atoms with Gasteiger partial charge in [0.05, 0.1) is 19.4 Å². The summed E-state index contributed by atoms with van der Waals surface area (Å²) < 4.78 is 10.8. The van der Waals surface area contributed by atoms with Crippen LogP contribution in [0.15, 0.2) is 0 Å². The molecule has 0 spiro atoms. The van der Waals surface area contributed by atoms with E-state index >= 15 is 0 Å². The van der Waals surface area contributed by atoms with Crippen molar-refractivity contribution >= 4 is 17.9 Å². The van der Waals surface area contributed by atoms with E-state index in [9.17, 15) is 24.6 Å². The van der Waals surface area contributed by atoms with Crippen molar-refractivity contribution in [3.63, 3.8) is 0 Å². The minimum absolute atomic E-state index is 0.167. The molecule has 0 saturated heterocycles. The average molecular weight is 445 g/mol. The number of carboxylic acids is 1. The molecule has 31 heavy (non-hydrogen) atoms. The second kappa shape index (κ2) is 16.1. The van der Waals surface area contributed by atoms with E-state index in [1.54, 1.807) is 0 Å². The van der Waals surface area contributed by atoms with Crippen molar-refractivity contribution in [3.05, 3.63) is 0 Å². The summed E-state index contributed by atoms with van der Waals surface area (Å²) in [6.07, 6.45) is 8.88. The maximum Gasteiger partial charge on any atom is 0.336 e. The lowest BCUT2D eigenvalue weighted by molar-refractivity contribution is -0.180. The zero-order valence-electron chi connectivity index (χ0n) is 20.0. The fraction of sp³-hybridized carbons (Fsp3) is 0.875. The van der Waals surface area contributed by atoms with Crippen LogP contribution >= 0.6 is 0 Å². The van der Waals surface area contributed by atoms with E-state index in [1.807, 2.05) is 20.8 Å². The number of hydrogen-bond donors (Lipinski definition) is 2. The Labute approximate surface area is 187 Å². The number of rotatable bonds is 19. The van der Waals surface area contributed by atoms with Crippen molar-refractivity contribution in [3.8, 4) is 0 Å². The molecule has 0 aromatic rings. The van der Waals surface area contributed by atoms with Crippen LogP contribution in [0.2, 0.25) is 0 Å². The summed E-state index contributed by atoms with van der Waals surface area (Å²) in [5, 5.41) is 20.0. The Morgan fingerprint density at radius 1 is 0.710 bits per heavy atom. The molecule has 0 rings (SSSR count). The third-order valence-corrected chi connectivity index (χ3v) is 5.51. The molecule has 0 aliphatic rings. The highest BCUT2D eigenvalue weighted by molar-refractivity contribution is 5.89. The summed E-state index contributed by atoms with van der Waals surface area (Å²) in [4.78, 5) is 36.4.